The fourth-order valence-corrected chi connectivity index (χ4v) is 0.751. The first-order valence-electron chi connectivity index (χ1n) is 2.99. The summed E-state index contributed by atoms with van der Waals surface area (Å²) in [4.78, 5) is 0. The van der Waals surface area contributed by atoms with Gasteiger partial charge in [0.2, 0.25) is 0 Å². The van der Waals surface area contributed by atoms with E-state index in [-0.39, 0.29) is 44.1 Å². The number of hydrogen-bond donors (Lipinski definition) is 0. The van der Waals surface area contributed by atoms with Gasteiger partial charge in [-0.1, -0.05) is 23.8 Å². The summed E-state index contributed by atoms with van der Waals surface area (Å²) in [6, 6.07) is 5.74. The van der Waals surface area contributed by atoms with Gasteiger partial charge in [-0.15, -0.1) is 5.69 Å². The third-order valence-electron chi connectivity index (χ3n) is 1.60. The molecule has 0 aliphatic carbocycles. The zero-order valence-electron chi connectivity index (χ0n) is 6.31. The maximum Gasteiger partial charge on any atom is 0 e. The molecule has 0 spiro atoms. The Morgan fingerprint density at radius 2 is 1.80 bits per heavy atom. The predicted octanol–water partition coefficient (Wildman–Crippen LogP) is 2.99. The predicted molar refractivity (Wildman–Crippen MR) is 39.9 cm³/mol. The van der Waals surface area contributed by atoms with Crippen LogP contribution >= 0.6 is 0 Å². The van der Waals surface area contributed by atoms with E-state index < -0.39 is 0 Å². The van der Waals surface area contributed by atoms with E-state index in [4.69, 9.17) is 5.73 Å². The van der Waals surface area contributed by atoms with Gasteiger partial charge in [-0.25, -0.2) is 0 Å². The van der Waals surface area contributed by atoms with Crippen LogP contribution in [0.2, 0.25) is 0 Å². The average Bonchev–Trinajstić information content (AvgIpc) is 1.83. The number of rotatable bonds is 0. The molecule has 0 atom stereocenters. The van der Waals surface area contributed by atoms with E-state index >= 15 is 0 Å². The van der Waals surface area contributed by atoms with E-state index in [2.05, 4.69) is 0 Å². The average molecular weight is 347 g/mol. The quantitative estimate of drug-likeness (QED) is 0.689. The Morgan fingerprint density at radius 1 is 1.20 bits per heavy atom. The maximum absolute atomic E-state index is 7.36. The van der Waals surface area contributed by atoms with Crippen LogP contribution in [0.25, 0.3) is 5.73 Å². The third-order valence-corrected chi connectivity index (χ3v) is 1.60. The van der Waals surface area contributed by atoms with Crippen LogP contribution in [0.5, 0.6) is 0 Å². The molecule has 1 aromatic rings. The van der Waals surface area contributed by atoms with Crippen LogP contribution in [0.1, 0.15) is 11.1 Å². The number of benzene rings is 1. The van der Waals surface area contributed by atoms with E-state index in [1.807, 2.05) is 32.0 Å². The van der Waals surface area contributed by atoms with Gasteiger partial charge in [-0.05, 0) is 19.4 Å². The molecule has 1 radical (unpaired) electrons. The molecule has 51 valence electrons. The van der Waals surface area contributed by atoms with Gasteiger partial charge < -0.3 is 5.73 Å². The Balaban J connectivity index is 0.000000810. The zero-order chi connectivity index (χ0) is 6.85. The second kappa shape index (κ2) is 4.36. The summed E-state index contributed by atoms with van der Waals surface area (Å²) < 4.78 is 0. The molecule has 0 saturated carbocycles. The van der Waals surface area contributed by atoms with Crippen molar-refractivity contribution < 1.29 is 44.1 Å². The van der Waals surface area contributed by atoms with Gasteiger partial charge in [-0.2, -0.15) is 0 Å². The molecule has 1 rings (SSSR count). The minimum absolute atomic E-state index is 0. The fraction of sp³-hybridized carbons (Fsp3) is 0.250. The normalized spacial score (nSPS) is 8.60. The van der Waals surface area contributed by atoms with Gasteiger partial charge >= 0.3 is 0 Å². The molecule has 10 heavy (non-hydrogen) atoms. The first-order valence-corrected chi connectivity index (χ1v) is 2.99. The largest absolute Gasteiger partial charge is 0.698 e. The summed E-state index contributed by atoms with van der Waals surface area (Å²) in [6.45, 7) is 3.99. The molecule has 0 fully saturated rings. The van der Waals surface area contributed by atoms with Crippen LogP contribution < -0.4 is 0 Å². The van der Waals surface area contributed by atoms with Crippen molar-refractivity contribution in [1.29, 1.82) is 0 Å². The van der Waals surface area contributed by atoms with Gasteiger partial charge in [0.05, 0.1) is 0 Å². The summed E-state index contributed by atoms with van der Waals surface area (Å²) >= 11 is 0. The van der Waals surface area contributed by atoms with E-state index in [0.29, 0.717) is 5.69 Å². The van der Waals surface area contributed by atoms with Crippen molar-refractivity contribution in [1.82, 2.24) is 0 Å². The monoisotopic (exact) mass is 347 g/mol. The number of aryl methyl sites for hydroxylation is 1. The van der Waals surface area contributed by atoms with Crippen molar-refractivity contribution in [3.8, 4) is 0 Å². The second-order valence-corrected chi connectivity index (χ2v) is 2.25. The van der Waals surface area contributed by atoms with Crippen molar-refractivity contribution >= 4 is 5.69 Å². The Labute approximate surface area is 97.6 Å². The third kappa shape index (κ3) is 2.25. The molecule has 0 aliphatic rings. The Hall–Kier alpha value is 0.462. The Kier molecular flexibility index (Phi) is 4.56. The molecule has 0 aliphatic heterocycles. The smallest absolute Gasteiger partial charge is 0 e. The second-order valence-electron chi connectivity index (χ2n) is 2.25. The Bertz CT molecular complexity index is 200. The van der Waals surface area contributed by atoms with Crippen molar-refractivity contribution in [2.24, 2.45) is 0 Å². The molecule has 1 aromatic carbocycles. The number of hydrogen-bond acceptors (Lipinski definition) is 0. The fourth-order valence-electron chi connectivity index (χ4n) is 0.751. The Morgan fingerprint density at radius 3 is 2.20 bits per heavy atom. The SMILES string of the molecule is Cc1cccc([NH-])c1C.[Ac]. The molecule has 0 heterocycles. The summed E-state index contributed by atoms with van der Waals surface area (Å²) in [6.07, 6.45) is 0. The van der Waals surface area contributed by atoms with Gasteiger partial charge in [0.1, 0.15) is 0 Å². The summed E-state index contributed by atoms with van der Waals surface area (Å²) in [5, 5.41) is 0. The molecule has 2 heteroatoms. The summed E-state index contributed by atoms with van der Waals surface area (Å²) in [5.74, 6) is 0. The summed E-state index contributed by atoms with van der Waals surface area (Å²) in [5.41, 5.74) is 10.3. The maximum atomic E-state index is 7.36. The first-order chi connectivity index (χ1) is 4.22. The standard InChI is InChI=1S/C8H10N.Ac/c1-6-4-3-5-8(9)7(6)2;/h3-5,9H,1-2H3;/q-1;. The van der Waals surface area contributed by atoms with Gasteiger partial charge in [0, 0.05) is 44.1 Å². The van der Waals surface area contributed by atoms with Crippen LogP contribution in [0.3, 0.4) is 0 Å². The van der Waals surface area contributed by atoms with Crippen LogP contribution in [0, 0.1) is 57.9 Å². The van der Waals surface area contributed by atoms with Crippen molar-refractivity contribution in [3.05, 3.63) is 35.1 Å². The van der Waals surface area contributed by atoms with E-state index in [1.165, 1.54) is 5.56 Å². The molecule has 1 nitrogen and oxygen atoms in total. The molecule has 1 N–H and O–H groups in total. The van der Waals surface area contributed by atoms with Crippen LogP contribution in [0.4, 0.5) is 5.69 Å². The van der Waals surface area contributed by atoms with Crippen molar-refractivity contribution in [3.63, 3.8) is 0 Å². The molecule has 0 amide bonds. The van der Waals surface area contributed by atoms with E-state index in [1.54, 1.807) is 0 Å². The molecule has 0 aromatic heterocycles. The van der Waals surface area contributed by atoms with Gasteiger partial charge in [0.15, 0.2) is 0 Å². The zero-order valence-corrected chi connectivity index (χ0v) is 11.1. The van der Waals surface area contributed by atoms with E-state index in [9.17, 15) is 0 Å². The van der Waals surface area contributed by atoms with Crippen LogP contribution in [0.15, 0.2) is 18.2 Å². The van der Waals surface area contributed by atoms with Gasteiger partial charge in [-0.3, -0.25) is 0 Å². The molecule has 0 unspecified atom stereocenters. The minimum atomic E-state index is 0. The minimum Gasteiger partial charge on any atom is -0.698 e. The molecule has 0 saturated heterocycles. The molecular formula is C8H10AcN-. The van der Waals surface area contributed by atoms with Crippen LogP contribution in [-0.4, -0.2) is 0 Å². The van der Waals surface area contributed by atoms with E-state index in [0.717, 1.165) is 5.56 Å². The van der Waals surface area contributed by atoms with Gasteiger partial charge in [0.25, 0.3) is 0 Å². The number of nitrogens with one attached hydrogen (secondary N) is 1. The van der Waals surface area contributed by atoms with Crippen LogP contribution in [-0.2, 0) is 0 Å². The van der Waals surface area contributed by atoms with Crippen molar-refractivity contribution in [2.45, 2.75) is 13.8 Å². The topological polar surface area (TPSA) is 23.8 Å². The van der Waals surface area contributed by atoms with Crippen molar-refractivity contribution in [2.75, 3.05) is 0 Å². The first kappa shape index (κ1) is 10.5. The molecule has 0 bridgehead atoms. The summed E-state index contributed by atoms with van der Waals surface area (Å²) in [7, 11) is 0. The molecular weight excluding hydrogens is 337 g/mol.